The third-order valence-corrected chi connectivity index (χ3v) is 9.63. The average Bonchev–Trinajstić information content (AvgIpc) is 3.55. The number of carbonyl (C=O) groups is 1. The SMILES string of the molecule is CC(C)(C)[C@H](Nc1c(Nc2cc(C(F)(F)F)cc(C(F)(F)F)c2)c(=O)c1=O)C(=O)N1CCC[C@@H]1c1ccc2ccc3cccc4ccc1c2c34. The van der Waals surface area contributed by atoms with E-state index in [2.05, 4.69) is 47.0 Å². The molecule has 6 aromatic rings. The van der Waals surface area contributed by atoms with E-state index in [0.717, 1.165) is 37.9 Å². The van der Waals surface area contributed by atoms with Gasteiger partial charge in [0.05, 0.1) is 17.2 Å². The first-order valence-corrected chi connectivity index (χ1v) is 16.1. The zero-order valence-electron chi connectivity index (χ0n) is 27.1. The van der Waals surface area contributed by atoms with E-state index in [1.165, 1.54) is 0 Å². The van der Waals surface area contributed by atoms with E-state index in [9.17, 15) is 40.7 Å². The number of carbonyl (C=O) groups excluding carboxylic acids is 1. The van der Waals surface area contributed by atoms with E-state index in [-0.39, 0.29) is 23.7 Å². The summed E-state index contributed by atoms with van der Waals surface area (Å²) in [6.45, 7) is 5.68. The molecule has 12 heteroatoms. The molecule has 258 valence electrons. The lowest BCUT2D eigenvalue weighted by Gasteiger charge is -2.37. The highest BCUT2D eigenvalue weighted by atomic mass is 19.4. The van der Waals surface area contributed by atoms with Gasteiger partial charge in [0, 0.05) is 12.2 Å². The zero-order chi connectivity index (χ0) is 35.9. The van der Waals surface area contributed by atoms with Crippen LogP contribution in [0.15, 0.2) is 82.4 Å². The topological polar surface area (TPSA) is 78.5 Å². The minimum absolute atomic E-state index is 0.0336. The second kappa shape index (κ2) is 11.5. The molecule has 1 saturated heterocycles. The van der Waals surface area contributed by atoms with Gasteiger partial charge in [-0.2, -0.15) is 26.3 Å². The van der Waals surface area contributed by atoms with Gasteiger partial charge in [0.2, 0.25) is 5.91 Å². The molecule has 1 fully saturated rings. The first-order valence-electron chi connectivity index (χ1n) is 16.1. The van der Waals surface area contributed by atoms with Gasteiger partial charge in [0.25, 0.3) is 10.9 Å². The number of benzene rings is 5. The summed E-state index contributed by atoms with van der Waals surface area (Å²) in [5.74, 6) is -0.358. The van der Waals surface area contributed by atoms with Crippen LogP contribution in [0.3, 0.4) is 0 Å². The fourth-order valence-electron chi connectivity index (χ4n) is 7.18. The Morgan fingerprint density at radius 1 is 0.760 bits per heavy atom. The number of likely N-dealkylation sites (tertiary alicyclic amines) is 1. The van der Waals surface area contributed by atoms with E-state index in [4.69, 9.17) is 0 Å². The summed E-state index contributed by atoms with van der Waals surface area (Å²) in [5, 5.41) is 11.7. The molecular weight excluding hydrogens is 660 g/mol. The van der Waals surface area contributed by atoms with Crippen molar-refractivity contribution >= 4 is 55.3 Å². The predicted octanol–water partition coefficient (Wildman–Crippen LogP) is 9.15. The first kappa shape index (κ1) is 33.4. The van der Waals surface area contributed by atoms with E-state index in [1.807, 2.05) is 18.2 Å². The molecule has 2 atom stereocenters. The molecule has 1 heterocycles. The second-order valence-corrected chi connectivity index (χ2v) is 14.0. The average molecular weight is 692 g/mol. The largest absolute Gasteiger partial charge is 0.416 e. The Hall–Kier alpha value is -5.13. The van der Waals surface area contributed by atoms with Crippen LogP contribution in [0.25, 0.3) is 32.3 Å². The number of rotatable bonds is 6. The summed E-state index contributed by atoms with van der Waals surface area (Å²) in [7, 11) is 0. The lowest BCUT2D eigenvalue weighted by molar-refractivity contribution is -0.143. The summed E-state index contributed by atoms with van der Waals surface area (Å²) >= 11 is 0. The zero-order valence-corrected chi connectivity index (χ0v) is 27.1. The molecule has 0 radical (unpaired) electrons. The van der Waals surface area contributed by atoms with Crippen LogP contribution in [0.4, 0.5) is 43.4 Å². The quantitative estimate of drug-likeness (QED) is 0.104. The molecule has 50 heavy (non-hydrogen) atoms. The molecular formula is C38H31F6N3O3. The molecule has 0 bridgehead atoms. The van der Waals surface area contributed by atoms with Crippen molar-refractivity contribution in [1.29, 1.82) is 0 Å². The summed E-state index contributed by atoms with van der Waals surface area (Å²) in [5.41, 5.74) is -6.81. The highest BCUT2D eigenvalue weighted by molar-refractivity contribution is 6.23. The Balaban J connectivity index is 1.23. The van der Waals surface area contributed by atoms with E-state index in [1.54, 1.807) is 25.7 Å². The monoisotopic (exact) mass is 691 g/mol. The van der Waals surface area contributed by atoms with Crippen molar-refractivity contribution in [3.8, 4) is 0 Å². The Morgan fingerprint density at radius 3 is 1.92 bits per heavy atom. The lowest BCUT2D eigenvalue weighted by Crippen LogP contribution is -2.51. The van der Waals surface area contributed by atoms with Crippen LogP contribution in [-0.4, -0.2) is 23.4 Å². The molecule has 0 spiro atoms. The molecule has 1 aliphatic rings. The molecule has 6 nitrogen and oxygen atoms in total. The Labute approximate surface area is 281 Å². The molecule has 0 unspecified atom stereocenters. The van der Waals surface area contributed by atoms with Crippen LogP contribution in [-0.2, 0) is 17.1 Å². The van der Waals surface area contributed by atoms with Crippen LogP contribution in [0.1, 0.15) is 56.3 Å². The van der Waals surface area contributed by atoms with Gasteiger partial charge in [-0.15, -0.1) is 0 Å². The Morgan fingerprint density at radius 2 is 1.32 bits per heavy atom. The maximum Gasteiger partial charge on any atom is 0.416 e. The number of nitrogens with zero attached hydrogens (tertiary/aromatic N) is 1. The molecule has 6 aromatic carbocycles. The fraction of sp³-hybridized carbons (Fsp3) is 0.289. The first-order chi connectivity index (χ1) is 23.4. The van der Waals surface area contributed by atoms with Crippen molar-refractivity contribution in [2.75, 3.05) is 17.2 Å². The Kier molecular flexibility index (Phi) is 7.65. The third-order valence-electron chi connectivity index (χ3n) is 9.63. The van der Waals surface area contributed by atoms with Gasteiger partial charge in [0.1, 0.15) is 17.4 Å². The third kappa shape index (κ3) is 5.60. The number of alkyl halides is 6. The van der Waals surface area contributed by atoms with Crippen LogP contribution in [0.5, 0.6) is 0 Å². The molecule has 0 saturated carbocycles. The van der Waals surface area contributed by atoms with E-state index < -0.39 is 57.2 Å². The maximum absolute atomic E-state index is 14.5. The van der Waals surface area contributed by atoms with Crippen molar-refractivity contribution < 1.29 is 31.1 Å². The van der Waals surface area contributed by atoms with Crippen molar-refractivity contribution in [2.24, 2.45) is 5.41 Å². The maximum atomic E-state index is 14.5. The van der Waals surface area contributed by atoms with E-state index in [0.29, 0.717) is 31.5 Å². The minimum Gasteiger partial charge on any atom is -0.368 e. The molecule has 7 rings (SSSR count). The van der Waals surface area contributed by atoms with Crippen molar-refractivity contribution in [3.05, 3.63) is 110 Å². The van der Waals surface area contributed by atoms with Crippen LogP contribution in [0, 0.1) is 5.41 Å². The molecule has 1 amide bonds. The van der Waals surface area contributed by atoms with Gasteiger partial charge in [-0.1, -0.05) is 75.4 Å². The van der Waals surface area contributed by atoms with Gasteiger partial charge in [-0.05, 0) is 74.3 Å². The normalized spacial score (nSPS) is 16.6. The number of halogens is 6. The number of hydrogen-bond donors (Lipinski definition) is 2. The van der Waals surface area contributed by atoms with E-state index >= 15 is 0 Å². The van der Waals surface area contributed by atoms with Crippen molar-refractivity contribution in [3.63, 3.8) is 0 Å². The summed E-state index contributed by atoms with van der Waals surface area (Å²) in [6.07, 6.45) is -8.84. The lowest BCUT2D eigenvalue weighted by atomic mass is 9.84. The second-order valence-electron chi connectivity index (χ2n) is 14.0. The summed E-state index contributed by atoms with van der Waals surface area (Å²) in [4.78, 5) is 41.7. The minimum atomic E-state index is -5.11. The van der Waals surface area contributed by atoms with Crippen molar-refractivity contribution in [2.45, 2.75) is 58.0 Å². The highest BCUT2D eigenvalue weighted by Gasteiger charge is 2.42. The Bertz CT molecular complexity index is 2320. The number of amides is 1. The smallest absolute Gasteiger partial charge is 0.368 e. The van der Waals surface area contributed by atoms with Crippen LogP contribution < -0.4 is 21.5 Å². The molecule has 0 aliphatic carbocycles. The van der Waals surface area contributed by atoms with Gasteiger partial charge < -0.3 is 15.5 Å². The van der Waals surface area contributed by atoms with Crippen molar-refractivity contribution in [1.82, 2.24) is 4.90 Å². The molecule has 2 N–H and O–H groups in total. The molecule has 1 aliphatic heterocycles. The van der Waals surface area contributed by atoms with Gasteiger partial charge in [-0.25, -0.2) is 0 Å². The predicted molar refractivity (Wildman–Crippen MR) is 182 cm³/mol. The summed E-state index contributed by atoms with van der Waals surface area (Å²) in [6, 6.07) is 17.9. The van der Waals surface area contributed by atoms with Gasteiger partial charge >= 0.3 is 12.4 Å². The summed E-state index contributed by atoms with van der Waals surface area (Å²) < 4.78 is 80.9. The van der Waals surface area contributed by atoms with Crippen LogP contribution in [0.2, 0.25) is 0 Å². The van der Waals surface area contributed by atoms with Crippen LogP contribution >= 0.6 is 0 Å². The number of hydrogen-bond acceptors (Lipinski definition) is 5. The highest BCUT2D eigenvalue weighted by Crippen LogP contribution is 2.43. The number of nitrogens with one attached hydrogen (secondary N) is 2. The van der Waals surface area contributed by atoms with Gasteiger partial charge in [0.15, 0.2) is 0 Å². The fourth-order valence-corrected chi connectivity index (χ4v) is 7.18. The molecule has 0 aromatic heterocycles. The van der Waals surface area contributed by atoms with Gasteiger partial charge in [-0.3, -0.25) is 14.4 Å². The standard InChI is InChI=1S/C38H31F6N3O3/c1-36(2,3)34(46-31-30(32(48)33(31)49)45-24-17-22(37(39,40)41)16-23(18-24)38(42,43)44)35(50)47-15-5-8-27(47)25-13-11-21-10-9-19-6-4-7-20-12-14-26(25)29(21)28(19)20/h4,6-7,9-14,16-18,27,34,45-46H,5,8,15H2,1-3H3/t27-,34-/m1/s1. The number of anilines is 3.